The van der Waals surface area contributed by atoms with Gasteiger partial charge in [-0.3, -0.25) is 0 Å². The summed E-state index contributed by atoms with van der Waals surface area (Å²) in [6.45, 7) is 2.55. The lowest BCUT2D eigenvalue weighted by molar-refractivity contribution is 0.254. The van der Waals surface area contributed by atoms with Crippen LogP contribution in [0.4, 0.5) is 4.39 Å². The topological polar surface area (TPSA) is 34.1 Å². The highest BCUT2D eigenvalue weighted by atomic mass is 35.5. The molecule has 104 valence electrons. The van der Waals surface area contributed by atoms with Crippen molar-refractivity contribution in [1.29, 1.82) is 0 Å². The molecule has 0 aliphatic carbocycles. The summed E-state index contributed by atoms with van der Waals surface area (Å²) in [5.74, 6) is 0.422. The fourth-order valence-corrected chi connectivity index (χ4v) is 2.56. The molecule has 1 unspecified atom stereocenters. The number of fused-ring (bicyclic) bond motifs is 1. The molecule has 2 aromatic rings. The lowest BCUT2D eigenvalue weighted by Crippen LogP contribution is -2.38. The van der Waals surface area contributed by atoms with Crippen LogP contribution in [0.1, 0.15) is 12.5 Å². The van der Waals surface area contributed by atoms with Crippen LogP contribution in [0, 0.1) is 5.82 Å². The maximum atomic E-state index is 13.0. The van der Waals surface area contributed by atoms with Gasteiger partial charge in [0.1, 0.15) is 23.3 Å². The van der Waals surface area contributed by atoms with Crippen LogP contribution in [0.25, 0.3) is 11.3 Å². The first-order valence-corrected chi connectivity index (χ1v) is 6.70. The van der Waals surface area contributed by atoms with Gasteiger partial charge in [0.25, 0.3) is 0 Å². The van der Waals surface area contributed by atoms with E-state index in [4.69, 9.17) is 16.3 Å². The quantitative estimate of drug-likeness (QED) is 0.862. The van der Waals surface area contributed by atoms with E-state index in [1.54, 1.807) is 12.1 Å². The van der Waals surface area contributed by atoms with Crippen molar-refractivity contribution in [2.75, 3.05) is 13.7 Å². The van der Waals surface area contributed by atoms with Gasteiger partial charge in [0.2, 0.25) is 0 Å². The molecule has 0 saturated carbocycles. The zero-order chi connectivity index (χ0) is 14.3. The SMILES string of the molecule is CNC1(C)COc2c1cc(Cl)nc2-c1ccc(F)cc1. The Morgan fingerprint density at radius 3 is 2.70 bits per heavy atom. The van der Waals surface area contributed by atoms with Crippen molar-refractivity contribution < 1.29 is 9.13 Å². The van der Waals surface area contributed by atoms with Crippen LogP contribution in [0.15, 0.2) is 30.3 Å². The molecule has 20 heavy (non-hydrogen) atoms. The number of hydrogen-bond acceptors (Lipinski definition) is 3. The molecule has 1 aliphatic rings. The number of halogens is 2. The van der Waals surface area contributed by atoms with E-state index in [1.807, 2.05) is 20.0 Å². The largest absolute Gasteiger partial charge is 0.489 e. The molecular formula is C15H14ClFN2O. The predicted octanol–water partition coefficient (Wildman–Crippen LogP) is 3.37. The van der Waals surface area contributed by atoms with E-state index in [1.165, 1.54) is 12.1 Å². The summed E-state index contributed by atoms with van der Waals surface area (Å²) in [7, 11) is 1.88. The van der Waals surface area contributed by atoms with Gasteiger partial charge in [0.15, 0.2) is 5.75 Å². The van der Waals surface area contributed by atoms with Crippen LogP contribution in [0.5, 0.6) is 5.75 Å². The van der Waals surface area contributed by atoms with Gasteiger partial charge in [0.05, 0.1) is 5.54 Å². The zero-order valence-electron chi connectivity index (χ0n) is 11.2. The Morgan fingerprint density at radius 1 is 1.35 bits per heavy atom. The molecule has 0 amide bonds. The number of aromatic nitrogens is 1. The number of benzene rings is 1. The summed E-state index contributed by atoms with van der Waals surface area (Å²) in [5, 5.41) is 3.64. The van der Waals surface area contributed by atoms with Gasteiger partial charge in [-0.05, 0) is 44.3 Å². The van der Waals surface area contributed by atoms with Gasteiger partial charge in [-0.1, -0.05) is 11.6 Å². The molecule has 1 N–H and O–H groups in total. The normalized spacial score (nSPS) is 20.6. The zero-order valence-corrected chi connectivity index (χ0v) is 12.0. The third-order valence-electron chi connectivity index (χ3n) is 3.71. The Hall–Kier alpha value is -1.65. The Balaban J connectivity index is 2.19. The molecule has 3 nitrogen and oxygen atoms in total. The van der Waals surface area contributed by atoms with Crippen LogP contribution in [0.3, 0.4) is 0 Å². The minimum Gasteiger partial charge on any atom is -0.489 e. The van der Waals surface area contributed by atoms with Crippen LogP contribution in [0.2, 0.25) is 5.15 Å². The summed E-state index contributed by atoms with van der Waals surface area (Å²) in [6, 6.07) is 7.96. The molecule has 0 radical (unpaired) electrons. The minimum absolute atomic E-state index is 0.284. The fraction of sp³-hybridized carbons (Fsp3) is 0.267. The second-order valence-corrected chi connectivity index (χ2v) is 5.44. The number of hydrogen-bond donors (Lipinski definition) is 1. The van der Waals surface area contributed by atoms with E-state index < -0.39 is 0 Å². The van der Waals surface area contributed by atoms with Crippen LogP contribution < -0.4 is 10.1 Å². The first-order valence-electron chi connectivity index (χ1n) is 6.32. The fourth-order valence-electron chi connectivity index (χ4n) is 2.36. The molecule has 1 aliphatic heterocycles. The van der Waals surface area contributed by atoms with Crippen LogP contribution in [-0.2, 0) is 5.54 Å². The third-order valence-corrected chi connectivity index (χ3v) is 3.90. The lowest BCUT2D eigenvalue weighted by atomic mass is 9.94. The van der Waals surface area contributed by atoms with Crippen molar-refractivity contribution in [2.45, 2.75) is 12.5 Å². The Labute approximate surface area is 121 Å². The molecule has 0 fully saturated rings. The number of likely N-dealkylation sites (N-methyl/N-ethyl adjacent to an activating group) is 1. The van der Waals surface area contributed by atoms with Crippen molar-refractivity contribution in [2.24, 2.45) is 0 Å². The van der Waals surface area contributed by atoms with E-state index in [9.17, 15) is 4.39 Å². The molecule has 1 aromatic heterocycles. The maximum Gasteiger partial charge on any atom is 0.150 e. The van der Waals surface area contributed by atoms with E-state index in [0.717, 1.165) is 11.1 Å². The van der Waals surface area contributed by atoms with Crippen molar-refractivity contribution in [3.8, 4) is 17.0 Å². The van der Waals surface area contributed by atoms with Gasteiger partial charge in [0, 0.05) is 11.1 Å². The van der Waals surface area contributed by atoms with Crippen molar-refractivity contribution >= 4 is 11.6 Å². The average Bonchev–Trinajstić information content (AvgIpc) is 2.77. The van der Waals surface area contributed by atoms with E-state index in [2.05, 4.69) is 10.3 Å². The first-order chi connectivity index (χ1) is 9.53. The van der Waals surface area contributed by atoms with Gasteiger partial charge in [-0.2, -0.15) is 0 Å². The lowest BCUT2D eigenvalue weighted by Gasteiger charge is -2.21. The highest BCUT2D eigenvalue weighted by molar-refractivity contribution is 6.29. The third kappa shape index (κ3) is 2.05. The standard InChI is InChI=1S/C15H14ClFN2O/c1-15(18-2)8-20-14-11(15)7-12(16)19-13(14)9-3-5-10(17)6-4-9/h3-7,18H,8H2,1-2H3. The van der Waals surface area contributed by atoms with Crippen molar-refractivity contribution in [3.05, 3.63) is 46.9 Å². The second kappa shape index (κ2) is 4.72. The minimum atomic E-state index is -0.295. The number of ether oxygens (including phenoxy) is 1. The predicted molar refractivity (Wildman–Crippen MR) is 76.5 cm³/mol. The highest BCUT2D eigenvalue weighted by Crippen LogP contribution is 2.43. The van der Waals surface area contributed by atoms with Gasteiger partial charge >= 0.3 is 0 Å². The second-order valence-electron chi connectivity index (χ2n) is 5.05. The molecule has 1 aromatic carbocycles. The van der Waals surface area contributed by atoms with Gasteiger partial charge in [-0.25, -0.2) is 9.37 Å². The highest BCUT2D eigenvalue weighted by Gasteiger charge is 2.37. The van der Waals surface area contributed by atoms with E-state index in [-0.39, 0.29) is 11.4 Å². The summed E-state index contributed by atoms with van der Waals surface area (Å²) in [5.41, 5.74) is 2.10. The maximum absolute atomic E-state index is 13.0. The Bertz CT molecular complexity index is 660. The van der Waals surface area contributed by atoms with Crippen LogP contribution in [-0.4, -0.2) is 18.6 Å². The van der Waals surface area contributed by atoms with E-state index in [0.29, 0.717) is 23.2 Å². The molecule has 0 bridgehead atoms. The monoisotopic (exact) mass is 292 g/mol. The summed E-state index contributed by atoms with van der Waals surface area (Å²) in [6.07, 6.45) is 0. The van der Waals surface area contributed by atoms with Gasteiger partial charge in [-0.15, -0.1) is 0 Å². The van der Waals surface area contributed by atoms with E-state index >= 15 is 0 Å². The van der Waals surface area contributed by atoms with Crippen LogP contribution >= 0.6 is 11.6 Å². The molecule has 3 rings (SSSR count). The number of rotatable bonds is 2. The first kappa shape index (κ1) is 13.3. The summed E-state index contributed by atoms with van der Waals surface area (Å²) >= 11 is 6.13. The van der Waals surface area contributed by atoms with Gasteiger partial charge < -0.3 is 10.1 Å². The smallest absolute Gasteiger partial charge is 0.150 e. The molecule has 2 heterocycles. The molecule has 1 atom stereocenters. The molecular weight excluding hydrogens is 279 g/mol. The number of nitrogens with one attached hydrogen (secondary N) is 1. The molecule has 5 heteroatoms. The van der Waals surface area contributed by atoms with Crippen molar-refractivity contribution in [1.82, 2.24) is 10.3 Å². The summed E-state index contributed by atoms with van der Waals surface area (Å²) < 4.78 is 18.8. The molecule has 0 spiro atoms. The molecule has 0 saturated heterocycles. The number of nitrogens with zero attached hydrogens (tertiary/aromatic N) is 1. The van der Waals surface area contributed by atoms with Crippen molar-refractivity contribution in [3.63, 3.8) is 0 Å². The average molecular weight is 293 g/mol. The Morgan fingerprint density at radius 2 is 2.05 bits per heavy atom. The number of pyridine rings is 1. The summed E-state index contributed by atoms with van der Waals surface area (Å²) in [4.78, 5) is 4.33. The Kier molecular flexibility index (Phi) is 3.15.